The number of aromatic carboxylic acids is 1. The number of nitrogens with one attached hydrogen (secondary N) is 2. The Hall–Kier alpha value is -6.25. The van der Waals surface area contributed by atoms with Crippen molar-refractivity contribution in [3.63, 3.8) is 0 Å². The van der Waals surface area contributed by atoms with Crippen LogP contribution in [0.1, 0.15) is 41.8 Å². The van der Waals surface area contributed by atoms with Gasteiger partial charge in [-0.3, -0.25) is 14.4 Å². The summed E-state index contributed by atoms with van der Waals surface area (Å²) in [6.45, 7) is 4.68. The molecular formula is C38H40FN5O9. The Morgan fingerprint density at radius 1 is 0.906 bits per heavy atom. The molecule has 1 atom stereocenters. The number of rotatable bonds is 13. The van der Waals surface area contributed by atoms with E-state index in [9.17, 15) is 33.9 Å². The minimum absolute atomic E-state index is 0.0166. The third-order valence-electron chi connectivity index (χ3n) is 8.81. The van der Waals surface area contributed by atoms with Crippen LogP contribution in [0.4, 0.5) is 25.4 Å². The lowest BCUT2D eigenvalue weighted by Crippen LogP contribution is -2.49. The summed E-state index contributed by atoms with van der Waals surface area (Å²) in [5.74, 6) is -3.40. The fourth-order valence-corrected chi connectivity index (χ4v) is 5.82. The minimum atomic E-state index is -1.38. The zero-order valence-electron chi connectivity index (χ0n) is 29.3. The standard InChI is InChI=1S/C38H40FN5O9/c1-3-42-21-30(36(48)49)34(46)29-18-31(39)33(19-32(29)42)43-13-15-44(16-14-43)38(51)53-23-26-9-11-27(12-10-26)41-35(47)24(2)17-28(45)20-40-37(50)52-22-25-7-5-4-6-8-25/h4-12,18-19,21,24H,3,13-17,20,22-23H2,1-2H3,(H,40,50)(H,41,47)(H,48,49)/t24-/m1/s1. The number of hydrogen-bond donors (Lipinski definition) is 3. The quantitative estimate of drug-likeness (QED) is 0.174. The molecule has 1 aromatic heterocycles. The van der Waals surface area contributed by atoms with Crippen LogP contribution in [0.15, 0.2) is 77.7 Å². The highest BCUT2D eigenvalue weighted by Gasteiger charge is 2.26. The number of ether oxygens (including phenoxy) is 2. The number of pyridine rings is 1. The van der Waals surface area contributed by atoms with E-state index in [1.807, 2.05) is 30.3 Å². The Morgan fingerprint density at radius 3 is 2.23 bits per heavy atom. The van der Waals surface area contributed by atoms with Gasteiger partial charge in [0.25, 0.3) is 0 Å². The summed E-state index contributed by atoms with van der Waals surface area (Å²) in [6, 6.07) is 18.4. The number of carbonyl (C=O) groups excluding carboxylic acids is 4. The fourth-order valence-electron chi connectivity index (χ4n) is 5.82. The van der Waals surface area contributed by atoms with Crippen LogP contribution in [0.3, 0.4) is 0 Å². The maximum atomic E-state index is 15.2. The Balaban J connectivity index is 1.04. The first-order valence-electron chi connectivity index (χ1n) is 17.1. The average molecular weight is 730 g/mol. The smallest absolute Gasteiger partial charge is 0.410 e. The third-order valence-corrected chi connectivity index (χ3v) is 8.81. The third kappa shape index (κ3) is 9.75. The van der Waals surface area contributed by atoms with E-state index in [1.165, 1.54) is 17.2 Å². The van der Waals surface area contributed by atoms with Crippen LogP contribution >= 0.6 is 0 Å². The first-order valence-corrected chi connectivity index (χ1v) is 17.1. The number of Topliss-reactive ketones (excluding diaryl/α,β-unsaturated/α-hetero) is 1. The van der Waals surface area contributed by atoms with Crippen molar-refractivity contribution in [2.24, 2.45) is 5.92 Å². The van der Waals surface area contributed by atoms with Crippen LogP contribution in [-0.2, 0) is 38.8 Å². The summed E-state index contributed by atoms with van der Waals surface area (Å²) in [7, 11) is 0. The van der Waals surface area contributed by atoms with Gasteiger partial charge in [-0.2, -0.15) is 0 Å². The maximum absolute atomic E-state index is 15.2. The summed E-state index contributed by atoms with van der Waals surface area (Å²) >= 11 is 0. The first-order chi connectivity index (χ1) is 25.4. The van der Waals surface area contributed by atoms with Crippen LogP contribution in [0.5, 0.6) is 0 Å². The molecule has 5 rings (SSSR count). The number of benzene rings is 3. The maximum Gasteiger partial charge on any atom is 0.410 e. The molecule has 4 aromatic rings. The van der Waals surface area contributed by atoms with E-state index in [1.54, 1.807) is 47.6 Å². The number of halogens is 1. The molecule has 0 bridgehead atoms. The highest BCUT2D eigenvalue weighted by Crippen LogP contribution is 2.27. The second-order valence-electron chi connectivity index (χ2n) is 12.6. The Labute approximate surface area is 304 Å². The molecule has 0 aliphatic carbocycles. The molecule has 0 unspecified atom stereocenters. The molecular weight excluding hydrogens is 689 g/mol. The van der Waals surface area contributed by atoms with Crippen LogP contribution in [0, 0.1) is 11.7 Å². The van der Waals surface area contributed by atoms with Gasteiger partial charge < -0.3 is 39.6 Å². The number of fused-ring (bicyclic) bond motifs is 1. The van der Waals surface area contributed by atoms with Gasteiger partial charge in [-0.15, -0.1) is 0 Å². The molecule has 0 spiro atoms. The highest BCUT2D eigenvalue weighted by atomic mass is 19.1. The number of nitrogens with zero attached hydrogens (tertiary/aromatic N) is 3. The van der Waals surface area contributed by atoms with Gasteiger partial charge in [0.1, 0.15) is 24.6 Å². The number of aromatic nitrogens is 1. The van der Waals surface area contributed by atoms with Gasteiger partial charge in [0.2, 0.25) is 11.3 Å². The number of alkyl carbamates (subject to hydrolysis) is 1. The molecule has 0 saturated carbocycles. The lowest BCUT2D eigenvalue weighted by atomic mass is 10.0. The summed E-state index contributed by atoms with van der Waals surface area (Å²) < 4.78 is 27.4. The largest absolute Gasteiger partial charge is 0.477 e. The summed E-state index contributed by atoms with van der Waals surface area (Å²) in [5.41, 5.74) is 1.46. The van der Waals surface area contributed by atoms with E-state index in [-0.39, 0.29) is 62.0 Å². The number of hydrogen-bond acceptors (Lipinski definition) is 9. The van der Waals surface area contributed by atoms with Gasteiger partial charge in [-0.05, 0) is 42.3 Å². The van der Waals surface area contributed by atoms with Crippen LogP contribution in [0.25, 0.3) is 10.9 Å². The number of carboxylic acids is 1. The molecule has 0 radical (unpaired) electrons. The molecule has 1 aliphatic rings. The molecule has 1 saturated heterocycles. The number of anilines is 2. The van der Waals surface area contributed by atoms with Crippen molar-refractivity contribution in [1.82, 2.24) is 14.8 Å². The number of aryl methyl sites for hydroxylation is 1. The van der Waals surface area contributed by atoms with Crippen molar-refractivity contribution in [2.45, 2.75) is 40.0 Å². The van der Waals surface area contributed by atoms with Crippen molar-refractivity contribution >= 4 is 52.1 Å². The summed E-state index contributed by atoms with van der Waals surface area (Å²) in [4.78, 5) is 77.2. The molecule has 278 valence electrons. The topological polar surface area (TPSA) is 177 Å². The van der Waals surface area contributed by atoms with Gasteiger partial charge in [-0.25, -0.2) is 18.8 Å². The zero-order chi connectivity index (χ0) is 38.1. The Morgan fingerprint density at radius 2 is 1.57 bits per heavy atom. The van der Waals surface area contributed by atoms with Gasteiger partial charge in [0.15, 0.2) is 5.78 Å². The van der Waals surface area contributed by atoms with Gasteiger partial charge in [0.05, 0.1) is 17.7 Å². The van der Waals surface area contributed by atoms with Crippen molar-refractivity contribution in [1.29, 1.82) is 0 Å². The second-order valence-corrected chi connectivity index (χ2v) is 12.6. The van der Waals surface area contributed by atoms with Crippen LogP contribution in [0.2, 0.25) is 0 Å². The molecule has 1 aliphatic heterocycles. The normalized spacial score (nSPS) is 13.3. The van der Waals surface area contributed by atoms with Gasteiger partial charge in [0, 0.05) is 62.3 Å². The minimum Gasteiger partial charge on any atom is -0.477 e. The number of carboxylic acid groups (broad SMARTS) is 1. The summed E-state index contributed by atoms with van der Waals surface area (Å²) in [5, 5.41) is 14.5. The van der Waals surface area contributed by atoms with Crippen molar-refractivity contribution in [3.05, 3.63) is 106 Å². The van der Waals surface area contributed by atoms with Crippen LogP contribution in [-0.4, -0.2) is 77.1 Å². The molecule has 3 N–H and O–H groups in total. The zero-order valence-corrected chi connectivity index (χ0v) is 29.3. The Kier molecular flexibility index (Phi) is 12.4. The van der Waals surface area contributed by atoms with Crippen molar-refractivity contribution < 1.29 is 42.9 Å². The number of amides is 3. The van der Waals surface area contributed by atoms with Gasteiger partial charge in [-0.1, -0.05) is 49.4 Å². The van der Waals surface area contributed by atoms with Gasteiger partial charge >= 0.3 is 18.2 Å². The molecule has 53 heavy (non-hydrogen) atoms. The predicted octanol–water partition coefficient (Wildman–Crippen LogP) is 4.78. The first kappa shape index (κ1) is 38.0. The lowest BCUT2D eigenvalue weighted by Gasteiger charge is -2.35. The molecule has 3 aromatic carbocycles. The lowest BCUT2D eigenvalue weighted by molar-refractivity contribution is -0.125. The van der Waals surface area contributed by atoms with E-state index < -0.39 is 40.9 Å². The molecule has 3 amide bonds. The molecule has 2 heterocycles. The molecule has 14 nitrogen and oxygen atoms in total. The van der Waals surface area contributed by atoms with Crippen molar-refractivity contribution in [3.8, 4) is 0 Å². The molecule has 15 heteroatoms. The average Bonchev–Trinajstić information content (AvgIpc) is 3.16. The predicted molar refractivity (Wildman–Crippen MR) is 193 cm³/mol. The number of carbonyl (C=O) groups is 5. The summed E-state index contributed by atoms with van der Waals surface area (Å²) in [6.07, 6.45) is -0.0940. The monoisotopic (exact) mass is 729 g/mol. The van der Waals surface area contributed by atoms with Crippen molar-refractivity contribution in [2.75, 3.05) is 42.9 Å². The number of ketones is 1. The van der Waals surface area contributed by atoms with E-state index in [0.717, 1.165) is 11.6 Å². The number of piperazine rings is 1. The van der Waals surface area contributed by atoms with Crippen LogP contribution < -0.4 is 21.0 Å². The SMILES string of the molecule is CCn1cc(C(=O)O)c(=O)c2cc(F)c(N3CCN(C(=O)OCc4ccc(NC(=O)[C@H](C)CC(=O)CNC(=O)OCc5ccccc5)cc4)CC3)cc21. The highest BCUT2D eigenvalue weighted by molar-refractivity contribution is 5.96. The fraction of sp³-hybridized carbons (Fsp3) is 0.316. The van der Waals surface area contributed by atoms with E-state index in [0.29, 0.717) is 36.4 Å². The van der Waals surface area contributed by atoms with E-state index in [4.69, 9.17) is 9.47 Å². The van der Waals surface area contributed by atoms with E-state index in [2.05, 4.69) is 10.6 Å². The Bertz CT molecular complexity index is 2050. The second kappa shape index (κ2) is 17.3. The molecule has 1 fully saturated rings. The van der Waals surface area contributed by atoms with E-state index >= 15 is 4.39 Å².